The van der Waals surface area contributed by atoms with Crippen LogP contribution < -0.4 is 16.6 Å². The Labute approximate surface area is 115 Å². The fraction of sp³-hybridized carbons (Fsp3) is 0.500. The number of aliphatic imine (C=N–C) groups is 1. The molecule has 1 aromatic rings. The third-order valence-corrected chi connectivity index (χ3v) is 2.61. The van der Waals surface area contributed by atoms with Crippen molar-refractivity contribution in [3.63, 3.8) is 0 Å². The van der Waals surface area contributed by atoms with Gasteiger partial charge < -0.3 is 10.1 Å². The fourth-order valence-corrected chi connectivity index (χ4v) is 1.62. The lowest BCUT2D eigenvalue weighted by Gasteiger charge is -2.09. The second-order valence-corrected chi connectivity index (χ2v) is 4.09. The molecular formula is C14H24N4O. The number of rotatable bonds is 8. The van der Waals surface area contributed by atoms with Crippen molar-refractivity contribution in [2.75, 3.05) is 26.3 Å². The minimum absolute atomic E-state index is 0.632. The molecule has 4 N–H and O–H groups in total. The molecule has 0 aliphatic rings. The zero-order chi connectivity index (χ0) is 13.8. The van der Waals surface area contributed by atoms with Crippen LogP contribution in [0.5, 0.6) is 0 Å². The number of nitrogens with two attached hydrogens (primary N) is 1. The van der Waals surface area contributed by atoms with E-state index in [4.69, 9.17) is 10.6 Å². The Balaban J connectivity index is 2.19. The minimum Gasteiger partial charge on any atom is -0.382 e. The maximum absolute atomic E-state index is 5.42. The van der Waals surface area contributed by atoms with Crippen molar-refractivity contribution in [3.8, 4) is 0 Å². The number of guanidine groups is 1. The smallest absolute Gasteiger partial charge is 0.205 e. The second-order valence-electron chi connectivity index (χ2n) is 4.09. The fourth-order valence-electron chi connectivity index (χ4n) is 1.62. The van der Waals surface area contributed by atoms with E-state index < -0.39 is 0 Å². The Morgan fingerprint density at radius 2 is 2.11 bits per heavy atom. The lowest BCUT2D eigenvalue weighted by atomic mass is 10.1. The summed E-state index contributed by atoms with van der Waals surface area (Å²) < 4.78 is 5.25. The first kappa shape index (κ1) is 15.5. The van der Waals surface area contributed by atoms with Crippen molar-refractivity contribution in [1.29, 1.82) is 0 Å². The molecule has 0 heterocycles. The molecule has 0 saturated heterocycles. The van der Waals surface area contributed by atoms with Gasteiger partial charge in [0.25, 0.3) is 0 Å². The normalized spacial score (nSPS) is 11.4. The minimum atomic E-state index is 0.632. The summed E-state index contributed by atoms with van der Waals surface area (Å²) in [4.78, 5) is 4.33. The molecule has 0 atom stereocenters. The highest BCUT2D eigenvalue weighted by molar-refractivity contribution is 5.79. The van der Waals surface area contributed by atoms with Crippen molar-refractivity contribution >= 4 is 5.96 Å². The monoisotopic (exact) mass is 264 g/mol. The summed E-state index contributed by atoms with van der Waals surface area (Å²) in [6.45, 7) is 4.99. The van der Waals surface area contributed by atoms with E-state index in [-0.39, 0.29) is 0 Å². The van der Waals surface area contributed by atoms with Crippen LogP contribution in [0.25, 0.3) is 0 Å². The van der Waals surface area contributed by atoms with Gasteiger partial charge in [0.1, 0.15) is 0 Å². The highest BCUT2D eigenvalue weighted by Crippen LogP contribution is 1.97. The summed E-state index contributed by atoms with van der Waals surface area (Å²) in [7, 11) is 0. The van der Waals surface area contributed by atoms with E-state index in [1.54, 1.807) is 0 Å². The predicted molar refractivity (Wildman–Crippen MR) is 78.9 cm³/mol. The van der Waals surface area contributed by atoms with Gasteiger partial charge in [0.15, 0.2) is 0 Å². The number of benzene rings is 1. The van der Waals surface area contributed by atoms with Crippen LogP contribution in [0.15, 0.2) is 35.3 Å². The van der Waals surface area contributed by atoms with Crippen molar-refractivity contribution in [2.45, 2.75) is 19.8 Å². The van der Waals surface area contributed by atoms with Gasteiger partial charge in [0, 0.05) is 26.3 Å². The quantitative estimate of drug-likeness (QED) is 0.216. The third-order valence-electron chi connectivity index (χ3n) is 2.61. The zero-order valence-corrected chi connectivity index (χ0v) is 11.6. The van der Waals surface area contributed by atoms with E-state index in [0.29, 0.717) is 12.5 Å². The Hall–Kier alpha value is -1.59. The van der Waals surface area contributed by atoms with Crippen molar-refractivity contribution in [1.82, 2.24) is 10.7 Å². The molecule has 19 heavy (non-hydrogen) atoms. The largest absolute Gasteiger partial charge is 0.382 e. The maximum Gasteiger partial charge on any atom is 0.205 e. The Morgan fingerprint density at radius 1 is 1.32 bits per heavy atom. The first-order valence-electron chi connectivity index (χ1n) is 6.73. The standard InChI is InChI=1S/C14H24N4O/c1-2-19-12-6-10-16-14(18-15)17-11-9-13-7-4-3-5-8-13/h3-5,7-8H,2,6,9-12,15H2,1H3,(H2,16,17,18). The van der Waals surface area contributed by atoms with Crippen molar-refractivity contribution in [3.05, 3.63) is 35.9 Å². The Morgan fingerprint density at radius 3 is 2.79 bits per heavy atom. The molecule has 0 amide bonds. The van der Waals surface area contributed by atoms with Crippen molar-refractivity contribution in [2.24, 2.45) is 10.8 Å². The topological polar surface area (TPSA) is 71.7 Å². The van der Waals surface area contributed by atoms with E-state index in [2.05, 4.69) is 27.9 Å². The van der Waals surface area contributed by atoms with E-state index >= 15 is 0 Å². The molecule has 0 bridgehead atoms. The lowest BCUT2D eigenvalue weighted by Crippen LogP contribution is -2.42. The predicted octanol–water partition coefficient (Wildman–Crippen LogP) is 1.06. The number of hydrogen-bond acceptors (Lipinski definition) is 3. The molecule has 0 aliphatic heterocycles. The molecule has 5 heteroatoms. The number of nitrogens with zero attached hydrogens (tertiary/aromatic N) is 1. The highest BCUT2D eigenvalue weighted by atomic mass is 16.5. The van der Waals surface area contributed by atoms with Crippen LogP contribution in [0, 0.1) is 0 Å². The van der Waals surface area contributed by atoms with Gasteiger partial charge in [0.2, 0.25) is 5.96 Å². The average Bonchev–Trinajstić information content (AvgIpc) is 2.46. The summed E-state index contributed by atoms with van der Waals surface area (Å²) in [5.74, 6) is 6.05. The molecule has 5 nitrogen and oxygen atoms in total. The molecule has 0 radical (unpaired) electrons. The van der Waals surface area contributed by atoms with Crippen LogP contribution in [0.1, 0.15) is 18.9 Å². The molecule has 0 spiro atoms. The van der Waals surface area contributed by atoms with E-state index in [1.165, 1.54) is 5.56 Å². The molecule has 0 fully saturated rings. The van der Waals surface area contributed by atoms with Gasteiger partial charge in [-0.2, -0.15) is 0 Å². The summed E-state index contributed by atoms with van der Waals surface area (Å²) in [6.07, 6.45) is 1.85. The SMILES string of the molecule is CCOCCCN=C(NN)NCCc1ccccc1. The maximum atomic E-state index is 5.42. The van der Waals surface area contributed by atoms with Crippen LogP contribution in [-0.2, 0) is 11.2 Å². The van der Waals surface area contributed by atoms with Crippen LogP contribution in [0.3, 0.4) is 0 Å². The molecule has 1 aromatic carbocycles. The van der Waals surface area contributed by atoms with Gasteiger partial charge in [-0.25, -0.2) is 5.84 Å². The van der Waals surface area contributed by atoms with E-state index in [1.807, 2.05) is 25.1 Å². The summed E-state index contributed by atoms with van der Waals surface area (Å²) in [5.41, 5.74) is 3.87. The van der Waals surface area contributed by atoms with Gasteiger partial charge in [-0.1, -0.05) is 30.3 Å². The zero-order valence-electron chi connectivity index (χ0n) is 11.6. The molecule has 0 aromatic heterocycles. The molecular weight excluding hydrogens is 240 g/mol. The van der Waals surface area contributed by atoms with Gasteiger partial charge in [0.05, 0.1) is 0 Å². The number of hydrogen-bond donors (Lipinski definition) is 3. The van der Waals surface area contributed by atoms with Gasteiger partial charge in [-0.05, 0) is 25.3 Å². The third kappa shape index (κ3) is 7.43. The highest BCUT2D eigenvalue weighted by Gasteiger charge is 1.96. The van der Waals surface area contributed by atoms with Gasteiger partial charge in [-0.3, -0.25) is 10.4 Å². The van der Waals surface area contributed by atoms with E-state index in [0.717, 1.165) is 32.6 Å². The van der Waals surface area contributed by atoms with Gasteiger partial charge in [-0.15, -0.1) is 0 Å². The number of ether oxygens (including phenoxy) is 1. The summed E-state index contributed by atoms with van der Waals surface area (Å²) >= 11 is 0. The molecule has 106 valence electrons. The Kier molecular flexibility index (Phi) is 8.42. The summed E-state index contributed by atoms with van der Waals surface area (Å²) in [5, 5.41) is 3.18. The molecule has 1 rings (SSSR count). The van der Waals surface area contributed by atoms with Crippen LogP contribution in [0.2, 0.25) is 0 Å². The first-order chi connectivity index (χ1) is 9.36. The first-order valence-corrected chi connectivity index (χ1v) is 6.73. The van der Waals surface area contributed by atoms with E-state index in [9.17, 15) is 0 Å². The average molecular weight is 264 g/mol. The van der Waals surface area contributed by atoms with Crippen LogP contribution >= 0.6 is 0 Å². The van der Waals surface area contributed by atoms with Crippen LogP contribution in [0.4, 0.5) is 0 Å². The van der Waals surface area contributed by atoms with Crippen molar-refractivity contribution < 1.29 is 4.74 Å². The second kappa shape index (κ2) is 10.3. The van der Waals surface area contributed by atoms with Gasteiger partial charge >= 0.3 is 0 Å². The summed E-state index contributed by atoms with van der Waals surface area (Å²) in [6, 6.07) is 10.3. The van der Waals surface area contributed by atoms with Crippen LogP contribution in [-0.4, -0.2) is 32.3 Å². The number of nitrogens with one attached hydrogen (secondary N) is 2. The Bertz CT molecular complexity index is 354. The molecule has 0 aliphatic carbocycles. The number of hydrazine groups is 1. The molecule has 0 saturated carbocycles. The molecule has 0 unspecified atom stereocenters. The lowest BCUT2D eigenvalue weighted by molar-refractivity contribution is 0.146.